The minimum absolute atomic E-state index is 0.0493. The van der Waals surface area contributed by atoms with Crippen molar-refractivity contribution in [2.45, 2.75) is 51.0 Å². The Labute approximate surface area is 139 Å². The minimum Gasteiger partial charge on any atom is -0.444 e. The van der Waals surface area contributed by atoms with Crippen LogP contribution in [0.3, 0.4) is 0 Å². The molecule has 1 aliphatic carbocycles. The summed E-state index contributed by atoms with van der Waals surface area (Å²) < 4.78 is 5.73. The average Bonchev–Trinajstić information content (AvgIpc) is 2.87. The first-order valence-electron chi connectivity index (χ1n) is 7.86. The van der Waals surface area contributed by atoms with Crippen molar-refractivity contribution >= 4 is 27.7 Å². The van der Waals surface area contributed by atoms with Crippen LogP contribution in [0.15, 0.2) is 21.2 Å². The number of halogens is 1. The van der Waals surface area contributed by atoms with E-state index in [4.69, 9.17) is 4.42 Å². The summed E-state index contributed by atoms with van der Waals surface area (Å²) in [5.74, 6) is -0.168. The third-order valence-corrected chi connectivity index (χ3v) is 4.41. The summed E-state index contributed by atoms with van der Waals surface area (Å²) in [5, 5.41) is 3.06. The maximum atomic E-state index is 12.1. The maximum absolute atomic E-state index is 12.1. The molecule has 0 atom stereocenters. The lowest BCUT2D eigenvalue weighted by molar-refractivity contribution is -0.122. The highest BCUT2D eigenvalue weighted by atomic mass is 79.9. The molecule has 0 aromatic carbocycles. The van der Waals surface area contributed by atoms with E-state index in [0.717, 1.165) is 12.8 Å². The Bertz CT molecular complexity index is 507. The summed E-state index contributed by atoms with van der Waals surface area (Å²) in [7, 11) is 1.61. The molecule has 22 heavy (non-hydrogen) atoms. The summed E-state index contributed by atoms with van der Waals surface area (Å²) in [6.07, 6.45) is 8.20. The van der Waals surface area contributed by atoms with Gasteiger partial charge in [-0.2, -0.15) is 0 Å². The van der Waals surface area contributed by atoms with Gasteiger partial charge in [-0.05, 0) is 40.9 Å². The smallest absolute Gasteiger partial charge is 0.289 e. The highest BCUT2D eigenvalue weighted by Gasteiger charge is 2.20. The number of carbonyl (C=O) groups excluding carboxylic acids is 2. The van der Waals surface area contributed by atoms with Crippen molar-refractivity contribution in [2.75, 3.05) is 13.6 Å². The molecule has 1 N–H and O–H groups in total. The number of nitrogens with zero attached hydrogens (tertiary/aromatic N) is 1. The number of furan rings is 1. The van der Waals surface area contributed by atoms with E-state index in [1.165, 1.54) is 37.0 Å². The minimum atomic E-state index is -0.293. The molecule has 2 amide bonds. The third-order valence-electron chi connectivity index (χ3n) is 3.98. The largest absolute Gasteiger partial charge is 0.444 e. The van der Waals surface area contributed by atoms with E-state index in [1.54, 1.807) is 19.2 Å². The molecule has 0 unspecified atom stereocenters. The lowest BCUT2D eigenvalue weighted by Crippen LogP contribution is -2.42. The summed E-state index contributed by atoms with van der Waals surface area (Å²) in [4.78, 5) is 25.6. The van der Waals surface area contributed by atoms with Gasteiger partial charge in [0.25, 0.3) is 5.91 Å². The van der Waals surface area contributed by atoms with Crippen molar-refractivity contribution in [1.29, 1.82) is 0 Å². The van der Waals surface area contributed by atoms with Gasteiger partial charge < -0.3 is 14.6 Å². The topological polar surface area (TPSA) is 62.6 Å². The van der Waals surface area contributed by atoms with Gasteiger partial charge in [-0.25, -0.2) is 0 Å². The number of rotatable bonds is 4. The Balaban J connectivity index is 1.81. The van der Waals surface area contributed by atoms with Gasteiger partial charge in [-0.15, -0.1) is 0 Å². The van der Waals surface area contributed by atoms with E-state index < -0.39 is 0 Å². The molecule has 6 heteroatoms. The highest BCUT2D eigenvalue weighted by molar-refractivity contribution is 9.10. The fraction of sp³-hybridized carbons (Fsp3) is 0.625. The molecule has 1 aromatic rings. The van der Waals surface area contributed by atoms with Gasteiger partial charge in [-0.1, -0.05) is 32.1 Å². The summed E-state index contributed by atoms with van der Waals surface area (Å²) in [6, 6.07) is 3.50. The van der Waals surface area contributed by atoms with Gasteiger partial charge in [0.2, 0.25) is 5.91 Å². The van der Waals surface area contributed by atoms with E-state index in [1.807, 2.05) is 0 Å². The Kier molecular flexibility index (Phi) is 6.49. The fourth-order valence-electron chi connectivity index (χ4n) is 2.78. The second-order valence-electron chi connectivity index (χ2n) is 5.87. The Morgan fingerprint density at radius 2 is 1.86 bits per heavy atom. The molecular weight excluding hydrogens is 348 g/mol. The van der Waals surface area contributed by atoms with E-state index in [9.17, 15) is 9.59 Å². The number of hydrogen-bond acceptors (Lipinski definition) is 3. The summed E-state index contributed by atoms with van der Waals surface area (Å²) in [5.41, 5.74) is 0. The zero-order valence-corrected chi connectivity index (χ0v) is 14.5. The van der Waals surface area contributed by atoms with Crippen LogP contribution in [0.4, 0.5) is 0 Å². The van der Waals surface area contributed by atoms with E-state index in [0.29, 0.717) is 4.67 Å². The molecule has 1 aromatic heterocycles. The Morgan fingerprint density at radius 3 is 2.45 bits per heavy atom. The molecule has 5 nitrogen and oxygen atoms in total. The van der Waals surface area contributed by atoms with Crippen LogP contribution in [0.2, 0.25) is 0 Å². The van der Waals surface area contributed by atoms with Crippen LogP contribution in [0.1, 0.15) is 55.5 Å². The molecule has 2 rings (SSSR count). The normalized spacial score (nSPS) is 16.6. The first-order valence-corrected chi connectivity index (χ1v) is 8.65. The molecule has 122 valence electrons. The standard InChI is InChI=1S/C16H23BrN2O3/c1-19(16(21)13-9-10-14(17)22-13)11-15(20)18-12-7-5-3-2-4-6-8-12/h9-10,12H,2-8,11H2,1H3,(H,18,20). The maximum Gasteiger partial charge on any atom is 0.289 e. The predicted octanol–water partition coefficient (Wildman–Crippen LogP) is 3.34. The molecule has 0 spiro atoms. The Hall–Kier alpha value is -1.30. The van der Waals surface area contributed by atoms with Crippen molar-refractivity contribution < 1.29 is 14.0 Å². The van der Waals surface area contributed by atoms with Crippen molar-refractivity contribution in [1.82, 2.24) is 10.2 Å². The average molecular weight is 371 g/mol. The van der Waals surface area contributed by atoms with Crippen LogP contribution in [-0.2, 0) is 4.79 Å². The number of amides is 2. The van der Waals surface area contributed by atoms with Crippen molar-refractivity contribution in [3.8, 4) is 0 Å². The molecule has 1 fully saturated rings. The number of nitrogens with one attached hydrogen (secondary N) is 1. The molecule has 1 heterocycles. The van der Waals surface area contributed by atoms with Gasteiger partial charge in [-0.3, -0.25) is 9.59 Å². The highest BCUT2D eigenvalue weighted by Crippen LogP contribution is 2.17. The second kappa shape index (κ2) is 8.36. The lowest BCUT2D eigenvalue weighted by atomic mass is 9.97. The SMILES string of the molecule is CN(CC(=O)NC1CCCCCCC1)C(=O)c1ccc(Br)o1. The molecule has 1 aliphatic rings. The predicted molar refractivity (Wildman–Crippen MR) is 87.6 cm³/mol. The van der Waals surface area contributed by atoms with Crippen LogP contribution < -0.4 is 5.32 Å². The van der Waals surface area contributed by atoms with Crippen LogP contribution in [0.5, 0.6) is 0 Å². The van der Waals surface area contributed by atoms with Crippen LogP contribution in [0.25, 0.3) is 0 Å². The molecule has 0 radical (unpaired) electrons. The molecule has 0 aliphatic heterocycles. The monoisotopic (exact) mass is 370 g/mol. The number of hydrogen-bond donors (Lipinski definition) is 1. The van der Waals surface area contributed by atoms with Crippen molar-refractivity contribution in [3.05, 3.63) is 22.6 Å². The van der Waals surface area contributed by atoms with Crippen molar-refractivity contribution in [2.24, 2.45) is 0 Å². The van der Waals surface area contributed by atoms with Crippen LogP contribution >= 0.6 is 15.9 Å². The quantitative estimate of drug-likeness (QED) is 0.883. The van der Waals surface area contributed by atoms with Gasteiger partial charge in [0.1, 0.15) is 0 Å². The zero-order valence-electron chi connectivity index (χ0n) is 12.9. The van der Waals surface area contributed by atoms with Gasteiger partial charge >= 0.3 is 0 Å². The third kappa shape index (κ3) is 5.16. The van der Waals surface area contributed by atoms with E-state index >= 15 is 0 Å². The van der Waals surface area contributed by atoms with Crippen LogP contribution in [0, 0.1) is 0 Å². The second-order valence-corrected chi connectivity index (χ2v) is 6.66. The molecular formula is C16H23BrN2O3. The van der Waals surface area contributed by atoms with Crippen LogP contribution in [-0.4, -0.2) is 36.3 Å². The zero-order chi connectivity index (χ0) is 15.9. The number of carbonyl (C=O) groups is 2. The van der Waals surface area contributed by atoms with E-state index in [-0.39, 0.29) is 30.2 Å². The van der Waals surface area contributed by atoms with Gasteiger partial charge in [0.05, 0.1) is 6.54 Å². The van der Waals surface area contributed by atoms with Crippen molar-refractivity contribution in [3.63, 3.8) is 0 Å². The fourth-order valence-corrected chi connectivity index (χ4v) is 3.08. The number of likely N-dealkylation sites (N-methyl/N-ethyl adjacent to an activating group) is 1. The summed E-state index contributed by atoms with van der Waals surface area (Å²) in [6.45, 7) is 0.0493. The molecule has 0 bridgehead atoms. The summed E-state index contributed by atoms with van der Waals surface area (Å²) >= 11 is 3.16. The first kappa shape index (κ1) is 17.1. The van der Waals surface area contributed by atoms with E-state index in [2.05, 4.69) is 21.2 Å². The molecule has 1 saturated carbocycles. The molecule has 0 saturated heterocycles. The lowest BCUT2D eigenvalue weighted by Gasteiger charge is -2.22. The first-order chi connectivity index (χ1) is 10.6. The van der Waals surface area contributed by atoms with Gasteiger partial charge in [0, 0.05) is 13.1 Å². The Morgan fingerprint density at radius 1 is 1.23 bits per heavy atom. The van der Waals surface area contributed by atoms with Gasteiger partial charge in [0.15, 0.2) is 10.4 Å².